The molecule has 0 aliphatic carbocycles. The standard InChI is InChI=1S/C25H36O7Si/c1-16(27)29-22-9-7-8-17-12-19-14-21(32-33(5,6)25(2,3)4)15-20(30-19)13-18(10-11-26)31-24(28)23(17)22/h7-9,11,18-21H,10,12-15H2,1-6H3/t18-,19-,20-,21-/m0/s1. The molecule has 0 N–H and O–H groups in total. The van der Waals surface area contributed by atoms with E-state index in [9.17, 15) is 14.4 Å². The maximum atomic E-state index is 13.1. The number of carbonyl (C=O) groups is 3. The number of rotatable bonds is 5. The third-order valence-corrected chi connectivity index (χ3v) is 11.4. The molecule has 1 fully saturated rings. The van der Waals surface area contributed by atoms with Gasteiger partial charge >= 0.3 is 11.9 Å². The average molecular weight is 477 g/mol. The lowest BCUT2D eigenvalue weighted by molar-refractivity contribution is -0.131. The van der Waals surface area contributed by atoms with Crippen molar-refractivity contribution in [3.8, 4) is 5.75 Å². The fourth-order valence-electron chi connectivity index (χ4n) is 4.31. The summed E-state index contributed by atoms with van der Waals surface area (Å²) in [5.74, 6) is -0.936. The molecular formula is C25H36O7Si. The highest BCUT2D eigenvalue weighted by molar-refractivity contribution is 6.74. The molecule has 1 saturated heterocycles. The van der Waals surface area contributed by atoms with Gasteiger partial charge in [-0.2, -0.15) is 0 Å². The van der Waals surface area contributed by atoms with Crippen molar-refractivity contribution >= 4 is 26.5 Å². The largest absolute Gasteiger partial charge is 0.458 e. The molecule has 182 valence electrons. The van der Waals surface area contributed by atoms with Crippen LogP contribution < -0.4 is 4.74 Å². The van der Waals surface area contributed by atoms with Crippen LogP contribution in [0, 0.1) is 0 Å². The molecular weight excluding hydrogens is 440 g/mol. The van der Waals surface area contributed by atoms with Gasteiger partial charge in [-0.3, -0.25) is 4.79 Å². The topological polar surface area (TPSA) is 88.1 Å². The minimum absolute atomic E-state index is 0.0294. The first kappa shape index (κ1) is 25.6. The molecule has 2 aliphatic heterocycles. The van der Waals surface area contributed by atoms with E-state index in [2.05, 4.69) is 33.9 Å². The Labute approximate surface area is 197 Å². The van der Waals surface area contributed by atoms with Crippen LogP contribution in [0.15, 0.2) is 18.2 Å². The zero-order valence-corrected chi connectivity index (χ0v) is 21.5. The van der Waals surface area contributed by atoms with Gasteiger partial charge < -0.3 is 23.4 Å². The number of fused-ring (bicyclic) bond motifs is 3. The summed E-state index contributed by atoms with van der Waals surface area (Å²) in [6.07, 6.45) is 2.23. The monoisotopic (exact) mass is 476 g/mol. The third-order valence-electron chi connectivity index (χ3n) is 6.88. The van der Waals surface area contributed by atoms with Gasteiger partial charge in [0.15, 0.2) is 8.32 Å². The second kappa shape index (κ2) is 10.1. The number of esters is 2. The minimum Gasteiger partial charge on any atom is -0.458 e. The predicted octanol–water partition coefficient (Wildman–Crippen LogP) is 4.61. The smallest absolute Gasteiger partial charge is 0.342 e. The second-order valence-corrected chi connectivity index (χ2v) is 15.4. The van der Waals surface area contributed by atoms with E-state index >= 15 is 0 Å². The van der Waals surface area contributed by atoms with Crippen LogP contribution in [0.2, 0.25) is 18.1 Å². The van der Waals surface area contributed by atoms with Crippen molar-refractivity contribution in [1.29, 1.82) is 0 Å². The van der Waals surface area contributed by atoms with E-state index in [0.29, 0.717) is 31.2 Å². The van der Waals surface area contributed by atoms with E-state index in [4.69, 9.17) is 18.6 Å². The fraction of sp³-hybridized carbons (Fsp3) is 0.640. The lowest BCUT2D eigenvalue weighted by Gasteiger charge is -2.44. The summed E-state index contributed by atoms with van der Waals surface area (Å²) in [4.78, 5) is 36.0. The maximum absolute atomic E-state index is 13.1. The van der Waals surface area contributed by atoms with Gasteiger partial charge in [0.25, 0.3) is 0 Å². The van der Waals surface area contributed by atoms with Crippen LogP contribution in [0.25, 0.3) is 0 Å². The summed E-state index contributed by atoms with van der Waals surface area (Å²) in [6, 6.07) is 5.16. The molecule has 2 bridgehead atoms. The van der Waals surface area contributed by atoms with Gasteiger partial charge in [-0.05, 0) is 49.0 Å². The number of hydrogen-bond acceptors (Lipinski definition) is 7. The highest BCUT2D eigenvalue weighted by Crippen LogP contribution is 2.40. The Kier molecular flexibility index (Phi) is 7.81. The molecule has 2 heterocycles. The third kappa shape index (κ3) is 6.31. The van der Waals surface area contributed by atoms with E-state index in [1.54, 1.807) is 12.1 Å². The van der Waals surface area contributed by atoms with Crippen molar-refractivity contribution in [2.75, 3.05) is 0 Å². The molecule has 7 nitrogen and oxygen atoms in total. The molecule has 0 spiro atoms. The average Bonchev–Trinajstić information content (AvgIpc) is 2.65. The van der Waals surface area contributed by atoms with E-state index in [1.807, 2.05) is 6.07 Å². The van der Waals surface area contributed by atoms with Gasteiger partial charge in [0.05, 0.1) is 12.2 Å². The number of hydrogen-bond donors (Lipinski definition) is 0. The number of carbonyl (C=O) groups excluding carboxylic acids is 3. The normalized spacial score (nSPS) is 26.1. The van der Waals surface area contributed by atoms with Crippen LogP contribution in [0.3, 0.4) is 0 Å². The summed E-state index contributed by atoms with van der Waals surface area (Å²) in [6.45, 7) is 12.4. The molecule has 0 aromatic heterocycles. The van der Waals surface area contributed by atoms with E-state index in [0.717, 1.165) is 6.29 Å². The Morgan fingerprint density at radius 2 is 1.88 bits per heavy atom. The zero-order chi connectivity index (χ0) is 24.4. The van der Waals surface area contributed by atoms with Crippen LogP contribution in [0.1, 0.15) is 69.3 Å². The van der Waals surface area contributed by atoms with Crippen molar-refractivity contribution in [2.45, 2.75) is 102 Å². The van der Waals surface area contributed by atoms with Gasteiger partial charge in [-0.1, -0.05) is 32.9 Å². The molecule has 8 heteroatoms. The van der Waals surface area contributed by atoms with Crippen LogP contribution in [0.4, 0.5) is 0 Å². The van der Waals surface area contributed by atoms with E-state index in [-0.39, 0.29) is 41.1 Å². The summed E-state index contributed by atoms with van der Waals surface area (Å²) >= 11 is 0. The van der Waals surface area contributed by atoms with Gasteiger partial charge in [-0.15, -0.1) is 0 Å². The number of ether oxygens (including phenoxy) is 3. The van der Waals surface area contributed by atoms with E-state index in [1.165, 1.54) is 6.92 Å². The van der Waals surface area contributed by atoms with Crippen molar-refractivity contribution in [2.24, 2.45) is 0 Å². The van der Waals surface area contributed by atoms with Crippen LogP contribution in [-0.4, -0.2) is 51.0 Å². The van der Waals surface area contributed by atoms with Crippen molar-refractivity contribution in [3.63, 3.8) is 0 Å². The van der Waals surface area contributed by atoms with Crippen LogP contribution in [-0.2, 0) is 29.9 Å². The predicted molar refractivity (Wildman–Crippen MR) is 126 cm³/mol. The van der Waals surface area contributed by atoms with Crippen molar-refractivity contribution < 1.29 is 33.0 Å². The van der Waals surface area contributed by atoms with Crippen LogP contribution >= 0.6 is 0 Å². The van der Waals surface area contributed by atoms with Gasteiger partial charge in [0.2, 0.25) is 0 Å². The van der Waals surface area contributed by atoms with Crippen molar-refractivity contribution in [1.82, 2.24) is 0 Å². The van der Waals surface area contributed by atoms with Gasteiger partial charge in [0, 0.05) is 25.9 Å². The van der Waals surface area contributed by atoms with Crippen LogP contribution in [0.5, 0.6) is 5.75 Å². The minimum atomic E-state index is -1.99. The quantitative estimate of drug-likeness (QED) is 0.265. The number of benzene rings is 1. The summed E-state index contributed by atoms with van der Waals surface area (Å²) in [7, 11) is -1.99. The Balaban J connectivity index is 1.96. The summed E-state index contributed by atoms with van der Waals surface area (Å²) in [5, 5.41) is 0.0862. The second-order valence-electron chi connectivity index (χ2n) is 10.6. The number of cyclic esters (lactones) is 1. The highest BCUT2D eigenvalue weighted by Gasteiger charge is 2.42. The molecule has 1 aromatic rings. The Bertz CT molecular complexity index is 889. The first-order valence-corrected chi connectivity index (χ1v) is 14.6. The molecule has 0 amide bonds. The maximum Gasteiger partial charge on any atom is 0.342 e. The molecule has 0 saturated carbocycles. The highest BCUT2D eigenvalue weighted by atomic mass is 28.4. The Morgan fingerprint density at radius 3 is 2.52 bits per heavy atom. The summed E-state index contributed by atoms with van der Waals surface area (Å²) < 4.78 is 24.2. The molecule has 4 atom stereocenters. The first-order chi connectivity index (χ1) is 15.4. The molecule has 1 aromatic carbocycles. The Hall–Kier alpha value is -2.03. The Morgan fingerprint density at radius 1 is 1.18 bits per heavy atom. The number of aldehydes is 1. The SMILES string of the molecule is CC(=O)Oc1cccc2c1C(=O)O[C@@H](CC=O)C[C@H]1C[C@@H](O[Si](C)(C)C(C)(C)C)C[C@H](C2)O1. The summed E-state index contributed by atoms with van der Waals surface area (Å²) in [5.41, 5.74) is 0.917. The fourth-order valence-corrected chi connectivity index (χ4v) is 5.69. The lowest BCUT2D eigenvalue weighted by Crippen LogP contribution is -2.48. The molecule has 33 heavy (non-hydrogen) atoms. The molecule has 0 radical (unpaired) electrons. The lowest BCUT2D eigenvalue weighted by atomic mass is 9.91. The molecule has 0 unspecified atom stereocenters. The first-order valence-electron chi connectivity index (χ1n) is 11.7. The van der Waals surface area contributed by atoms with Crippen molar-refractivity contribution in [3.05, 3.63) is 29.3 Å². The van der Waals surface area contributed by atoms with Gasteiger partial charge in [0.1, 0.15) is 23.7 Å². The van der Waals surface area contributed by atoms with Gasteiger partial charge in [-0.25, -0.2) is 4.79 Å². The van der Waals surface area contributed by atoms with E-state index < -0.39 is 26.4 Å². The zero-order valence-electron chi connectivity index (χ0n) is 20.5. The molecule has 3 rings (SSSR count). The molecule has 2 aliphatic rings.